The van der Waals surface area contributed by atoms with Crippen LogP contribution in [0.25, 0.3) is 10.2 Å². The lowest BCUT2D eigenvalue weighted by Gasteiger charge is -2.34. The molecule has 0 bridgehead atoms. The normalized spacial score (nSPS) is 19.2. The zero-order valence-electron chi connectivity index (χ0n) is 21.1. The fraction of sp³-hybridized carbons (Fsp3) is 0.536. The minimum Gasteiger partial charge on any atom is -0.340 e. The molecule has 1 amide bonds. The summed E-state index contributed by atoms with van der Waals surface area (Å²) in [5, 5.41) is 0.780. The van der Waals surface area contributed by atoms with Crippen LogP contribution in [0.5, 0.6) is 0 Å². The highest BCUT2D eigenvalue weighted by molar-refractivity contribution is 7.18. The average Bonchev–Trinajstić information content (AvgIpc) is 3.21. The number of H-pyrrole nitrogens is 1. The fourth-order valence-electron chi connectivity index (χ4n) is 5.47. The topological polar surface area (TPSA) is 69.3 Å². The summed E-state index contributed by atoms with van der Waals surface area (Å²) in [7, 11) is 0. The van der Waals surface area contributed by atoms with Crippen LogP contribution in [0.1, 0.15) is 55.4 Å². The van der Waals surface area contributed by atoms with Crippen LogP contribution in [-0.4, -0.2) is 51.9 Å². The Hall–Kier alpha value is -2.51. The Morgan fingerprint density at radius 2 is 1.89 bits per heavy atom. The third-order valence-corrected chi connectivity index (χ3v) is 8.89. The van der Waals surface area contributed by atoms with Crippen LogP contribution in [0.2, 0.25) is 0 Å². The first-order valence-electron chi connectivity index (χ1n) is 12.9. The van der Waals surface area contributed by atoms with Crippen LogP contribution in [0, 0.1) is 11.3 Å². The molecule has 6 nitrogen and oxygen atoms in total. The SMILES string of the molecule is CC(C)(C)C1CCc2c(sc3nc(CCC(=O)N4CCN(Cc5ccccc5)CC4)[nH]c(=O)c23)C1. The molecular weight excluding hydrogens is 456 g/mol. The van der Waals surface area contributed by atoms with Crippen LogP contribution in [-0.2, 0) is 30.6 Å². The van der Waals surface area contributed by atoms with E-state index in [1.807, 2.05) is 11.0 Å². The lowest BCUT2D eigenvalue weighted by Crippen LogP contribution is -2.48. The van der Waals surface area contributed by atoms with Crippen molar-refractivity contribution < 1.29 is 4.79 Å². The van der Waals surface area contributed by atoms with E-state index in [2.05, 4.69) is 54.9 Å². The molecule has 2 aliphatic rings. The molecule has 3 heterocycles. The quantitative estimate of drug-likeness (QED) is 0.573. The first kappa shape index (κ1) is 24.2. The third kappa shape index (κ3) is 5.36. The molecule has 1 aliphatic carbocycles. The number of rotatable bonds is 5. The number of nitrogens with zero attached hydrogens (tertiary/aromatic N) is 3. The van der Waals surface area contributed by atoms with Gasteiger partial charge in [-0.05, 0) is 41.7 Å². The Morgan fingerprint density at radius 3 is 2.60 bits per heavy atom. The molecule has 1 aliphatic heterocycles. The molecule has 1 saturated heterocycles. The van der Waals surface area contributed by atoms with Gasteiger partial charge in [-0.25, -0.2) is 4.98 Å². The van der Waals surface area contributed by atoms with E-state index in [1.165, 1.54) is 16.0 Å². The molecular formula is C28H36N4O2S. The van der Waals surface area contributed by atoms with Crippen molar-refractivity contribution in [2.24, 2.45) is 11.3 Å². The second-order valence-corrected chi connectivity index (χ2v) is 12.2. The standard InChI is InChI=1S/C28H36N4O2S/c1-28(2,3)20-9-10-21-22(17-20)35-27-25(21)26(34)29-23(30-27)11-12-24(33)32-15-13-31(14-16-32)18-19-7-5-4-6-8-19/h4-8,20H,9-18H2,1-3H3,(H,29,30,34). The lowest BCUT2D eigenvalue weighted by atomic mass is 9.72. The first-order chi connectivity index (χ1) is 16.8. The van der Waals surface area contributed by atoms with Crippen molar-refractivity contribution in [3.8, 4) is 0 Å². The summed E-state index contributed by atoms with van der Waals surface area (Å²) >= 11 is 1.68. The Labute approximate surface area is 211 Å². The van der Waals surface area contributed by atoms with Crippen LogP contribution >= 0.6 is 11.3 Å². The van der Waals surface area contributed by atoms with Gasteiger partial charge >= 0.3 is 0 Å². The predicted octanol–water partition coefficient (Wildman–Crippen LogP) is 4.41. The van der Waals surface area contributed by atoms with Crippen molar-refractivity contribution >= 4 is 27.5 Å². The van der Waals surface area contributed by atoms with Crippen LogP contribution in [0.15, 0.2) is 35.1 Å². The molecule has 1 N–H and O–H groups in total. The second kappa shape index (κ2) is 9.86. The minimum absolute atomic E-state index is 0.0429. The molecule has 1 fully saturated rings. The molecule has 5 rings (SSSR count). The van der Waals surface area contributed by atoms with E-state index >= 15 is 0 Å². The lowest BCUT2D eigenvalue weighted by molar-refractivity contribution is -0.133. The zero-order chi connectivity index (χ0) is 24.6. The van der Waals surface area contributed by atoms with Crippen molar-refractivity contribution in [3.63, 3.8) is 0 Å². The maximum Gasteiger partial charge on any atom is 0.259 e. The number of aryl methyl sites for hydroxylation is 2. The van der Waals surface area contributed by atoms with Gasteiger partial charge in [0.15, 0.2) is 0 Å². The number of hydrogen-bond acceptors (Lipinski definition) is 5. The highest BCUT2D eigenvalue weighted by atomic mass is 32.1. The summed E-state index contributed by atoms with van der Waals surface area (Å²) in [5.74, 6) is 1.41. The van der Waals surface area contributed by atoms with Crippen molar-refractivity contribution in [3.05, 3.63) is 62.5 Å². The Bertz CT molecular complexity index is 1250. The minimum atomic E-state index is -0.0429. The van der Waals surface area contributed by atoms with Gasteiger partial charge in [-0.2, -0.15) is 0 Å². The Kier molecular flexibility index (Phi) is 6.82. The van der Waals surface area contributed by atoms with Gasteiger partial charge in [0, 0.05) is 50.4 Å². The van der Waals surface area contributed by atoms with Crippen LogP contribution < -0.4 is 5.56 Å². The molecule has 0 spiro atoms. The molecule has 1 aromatic carbocycles. The van der Waals surface area contributed by atoms with Gasteiger partial charge in [-0.15, -0.1) is 11.3 Å². The Morgan fingerprint density at radius 1 is 1.14 bits per heavy atom. The third-order valence-electron chi connectivity index (χ3n) is 7.74. The number of carbonyl (C=O) groups is 1. The molecule has 1 unspecified atom stereocenters. The van der Waals surface area contributed by atoms with Gasteiger partial charge in [-0.3, -0.25) is 14.5 Å². The molecule has 0 saturated carbocycles. The van der Waals surface area contributed by atoms with Crippen molar-refractivity contribution in [1.82, 2.24) is 19.8 Å². The van der Waals surface area contributed by atoms with Gasteiger partial charge in [0.2, 0.25) is 5.91 Å². The summed E-state index contributed by atoms with van der Waals surface area (Å²) in [5.41, 5.74) is 2.74. The number of thiophene rings is 1. The van der Waals surface area contributed by atoms with E-state index in [9.17, 15) is 9.59 Å². The number of aromatic amines is 1. The summed E-state index contributed by atoms with van der Waals surface area (Å²) < 4.78 is 0. The largest absolute Gasteiger partial charge is 0.340 e. The average molecular weight is 493 g/mol. The molecule has 35 heavy (non-hydrogen) atoms. The molecule has 186 valence electrons. The van der Waals surface area contributed by atoms with Gasteiger partial charge in [0.1, 0.15) is 10.7 Å². The maximum absolute atomic E-state index is 13.0. The van der Waals surface area contributed by atoms with E-state index in [0.29, 0.717) is 24.6 Å². The van der Waals surface area contributed by atoms with E-state index in [4.69, 9.17) is 4.98 Å². The van der Waals surface area contributed by atoms with Crippen molar-refractivity contribution in [2.75, 3.05) is 26.2 Å². The predicted molar refractivity (Wildman–Crippen MR) is 142 cm³/mol. The van der Waals surface area contributed by atoms with Gasteiger partial charge in [0.05, 0.1) is 5.39 Å². The van der Waals surface area contributed by atoms with E-state index in [1.54, 1.807) is 11.3 Å². The fourth-order valence-corrected chi connectivity index (χ4v) is 6.79. The molecule has 0 radical (unpaired) electrons. The number of amides is 1. The first-order valence-corrected chi connectivity index (χ1v) is 13.7. The maximum atomic E-state index is 13.0. The number of hydrogen-bond donors (Lipinski definition) is 1. The van der Waals surface area contributed by atoms with Crippen molar-refractivity contribution in [1.29, 1.82) is 0 Å². The van der Waals surface area contributed by atoms with E-state index < -0.39 is 0 Å². The molecule has 2 aromatic heterocycles. The van der Waals surface area contributed by atoms with Gasteiger partial charge in [-0.1, -0.05) is 51.1 Å². The molecule has 3 aromatic rings. The number of nitrogens with one attached hydrogen (secondary N) is 1. The summed E-state index contributed by atoms with van der Waals surface area (Å²) in [6.07, 6.45) is 3.96. The molecule has 1 atom stereocenters. The second-order valence-electron chi connectivity index (χ2n) is 11.1. The monoisotopic (exact) mass is 492 g/mol. The van der Waals surface area contributed by atoms with Crippen LogP contribution in [0.4, 0.5) is 0 Å². The van der Waals surface area contributed by atoms with Crippen molar-refractivity contribution in [2.45, 2.75) is 59.4 Å². The number of carbonyl (C=O) groups excluding carboxylic acids is 1. The number of fused-ring (bicyclic) bond motifs is 3. The van der Waals surface area contributed by atoms with E-state index in [0.717, 1.165) is 62.2 Å². The van der Waals surface area contributed by atoms with Crippen LogP contribution in [0.3, 0.4) is 0 Å². The number of piperazine rings is 1. The van der Waals surface area contributed by atoms with Gasteiger partial charge < -0.3 is 9.88 Å². The number of aromatic nitrogens is 2. The summed E-state index contributed by atoms with van der Waals surface area (Å²) in [4.78, 5) is 40.1. The molecule has 7 heteroatoms. The number of benzene rings is 1. The van der Waals surface area contributed by atoms with Gasteiger partial charge in [0.25, 0.3) is 5.56 Å². The summed E-state index contributed by atoms with van der Waals surface area (Å²) in [6.45, 7) is 11.1. The summed E-state index contributed by atoms with van der Waals surface area (Å²) in [6, 6.07) is 10.5. The smallest absolute Gasteiger partial charge is 0.259 e. The Balaban J connectivity index is 1.19. The highest BCUT2D eigenvalue weighted by Crippen LogP contribution is 2.42. The van der Waals surface area contributed by atoms with E-state index in [-0.39, 0.29) is 16.9 Å². The zero-order valence-corrected chi connectivity index (χ0v) is 21.9. The highest BCUT2D eigenvalue weighted by Gasteiger charge is 2.31.